The van der Waals surface area contributed by atoms with E-state index < -0.39 is 10.0 Å². The second-order valence-corrected chi connectivity index (χ2v) is 9.81. The smallest absolute Gasteiger partial charge is 0.264 e. The van der Waals surface area contributed by atoms with Crippen molar-refractivity contribution in [1.82, 2.24) is 0 Å². The van der Waals surface area contributed by atoms with Gasteiger partial charge in [0.15, 0.2) is 0 Å². The predicted molar refractivity (Wildman–Crippen MR) is 126 cm³/mol. The number of carbonyl (C=O) groups is 1. The molecule has 166 valence electrons. The van der Waals surface area contributed by atoms with Crippen LogP contribution in [0, 0.1) is 6.92 Å². The Morgan fingerprint density at radius 3 is 2.47 bits per heavy atom. The molecule has 7 heteroatoms. The number of sulfonamides is 1. The van der Waals surface area contributed by atoms with Gasteiger partial charge in [-0.05, 0) is 61.7 Å². The molecule has 0 aliphatic carbocycles. The fourth-order valence-corrected chi connectivity index (χ4v) is 5.60. The lowest BCUT2D eigenvalue weighted by Crippen LogP contribution is -2.45. The van der Waals surface area contributed by atoms with Crippen LogP contribution in [0.15, 0.2) is 77.7 Å². The van der Waals surface area contributed by atoms with Gasteiger partial charge in [-0.1, -0.05) is 42.5 Å². The molecule has 0 fully saturated rings. The molecule has 6 nitrogen and oxygen atoms in total. The highest BCUT2D eigenvalue weighted by atomic mass is 32.2. The van der Waals surface area contributed by atoms with Crippen molar-refractivity contribution in [2.75, 3.05) is 22.9 Å². The maximum Gasteiger partial charge on any atom is 0.264 e. The number of carbonyl (C=O) groups excluding carboxylic acids is 1. The van der Waals surface area contributed by atoms with Crippen molar-refractivity contribution < 1.29 is 17.9 Å². The molecule has 0 aromatic heterocycles. The van der Waals surface area contributed by atoms with Crippen LogP contribution in [0.5, 0.6) is 5.75 Å². The zero-order valence-corrected chi connectivity index (χ0v) is 19.2. The third-order valence-corrected chi connectivity index (χ3v) is 7.46. The summed E-state index contributed by atoms with van der Waals surface area (Å²) in [6.45, 7) is 3.51. The zero-order valence-electron chi connectivity index (χ0n) is 18.4. The van der Waals surface area contributed by atoms with Crippen LogP contribution in [0.2, 0.25) is 0 Å². The minimum Gasteiger partial charge on any atom is -0.495 e. The third kappa shape index (κ3) is 3.96. The van der Waals surface area contributed by atoms with E-state index in [-0.39, 0.29) is 23.4 Å². The molecule has 3 aromatic rings. The third-order valence-electron chi connectivity index (χ3n) is 5.69. The van der Waals surface area contributed by atoms with E-state index in [9.17, 15) is 13.2 Å². The number of methoxy groups -OCH3 is 1. The van der Waals surface area contributed by atoms with Crippen molar-refractivity contribution >= 4 is 27.3 Å². The highest BCUT2D eigenvalue weighted by Crippen LogP contribution is 2.36. The van der Waals surface area contributed by atoms with Crippen molar-refractivity contribution in [2.45, 2.75) is 31.2 Å². The SMILES string of the molecule is COc1ccc(C)cc1N(CC(=O)N1c2ccccc2CC1C)S(=O)(=O)c1ccccc1. The fraction of sp³-hybridized carbons (Fsp3) is 0.240. The van der Waals surface area contributed by atoms with Gasteiger partial charge in [-0.15, -0.1) is 0 Å². The largest absolute Gasteiger partial charge is 0.495 e. The van der Waals surface area contributed by atoms with Gasteiger partial charge in [0.25, 0.3) is 10.0 Å². The molecule has 0 N–H and O–H groups in total. The maximum atomic E-state index is 13.7. The summed E-state index contributed by atoms with van der Waals surface area (Å²) in [4.78, 5) is 15.4. The van der Waals surface area contributed by atoms with Gasteiger partial charge in [0.2, 0.25) is 5.91 Å². The fourth-order valence-electron chi connectivity index (χ4n) is 4.16. The molecule has 1 atom stereocenters. The van der Waals surface area contributed by atoms with E-state index in [1.54, 1.807) is 35.2 Å². The normalized spacial score (nSPS) is 15.3. The molecule has 0 bridgehead atoms. The van der Waals surface area contributed by atoms with Crippen LogP contribution in [-0.2, 0) is 21.2 Å². The first-order valence-electron chi connectivity index (χ1n) is 10.5. The van der Waals surface area contributed by atoms with Gasteiger partial charge in [-0.2, -0.15) is 0 Å². The van der Waals surface area contributed by atoms with E-state index >= 15 is 0 Å². The molecule has 0 spiro atoms. The number of hydrogen-bond donors (Lipinski definition) is 0. The Morgan fingerprint density at radius 1 is 1.06 bits per heavy atom. The van der Waals surface area contributed by atoms with E-state index in [2.05, 4.69) is 0 Å². The molecule has 4 rings (SSSR count). The van der Waals surface area contributed by atoms with Gasteiger partial charge < -0.3 is 9.64 Å². The van der Waals surface area contributed by atoms with Crippen molar-refractivity contribution in [3.8, 4) is 5.75 Å². The topological polar surface area (TPSA) is 66.9 Å². The molecule has 1 aliphatic rings. The number of benzene rings is 3. The number of hydrogen-bond acceptors (Lipinski definition) is 4. The summed E-state index contributed by atoms with van der Waals surface area (Å²) in [5.74, 6) is 0.100. The van der Waals surface area contributed by atoms with Gasteiger partial charge in [0.1, 0.15) is 12.3 Å². The predicted octanol–water partition coefficient (Wildman–Crippen LogP) is 4.18. The first kappa shape index (κ1) is 21.9. The Morgan fingerprint density at radius 2 is 1.75 bits per heavy atom. The second-order valence-electron chi connectivity index (χ2n) is 7.95. The van der Waals surface area contributed by atoms with E-state index in [1.165, 1.54) is 19.2 Å². The lowest BCUT2D eigenvalue weighted by molar-refractivity contribution is -0.117. The zero-order chi connectivity index (χ0) is 22.9. The van der Waals surface area contributed by atoms with Crippen LogP contribution in [-0.4, -0.2) is 34.0 Å². The molecule has 0 saturated heterocycles. The van der Waals surface area contributed by atoms with Crippen molar-refractivity contribution in [2.24, 2.45) is 0 Å². The summed E-state index contributed by atoms with van der Waals surface area (Å²) in [7, 11) is -2.53. The van der Waals surface area contributed by atoms with Crippen LogP contribution in [0.25, 0.3) is 0 Å². The molecule has 1 unspecified atom stereocenters. The Hall–Kier alpha value is -3.32. The van der Waals surface area contributed by atoms with Crippen LogP contribution in [0.4, 0.5) is 11.4 Å². The van der Waals surface area contributed by atoms with E-state index in [1.807, 2.05) is 44.2 Å². The van der Waals surface area contributed by atoms with Crippen LogP contribution in [0.3, 0.4) is 0 Å². The lowest BCUT2D eigenvalue weighted by Gasteiger charge is -2.29. The molecule has 0 saturated carbocycles. The Balaban J connectivity index is 1.79. The summed E-state index contributed by atoms with van der Waals surface area (Å²) < 4.78 is 34.0. The first-order chi connectivity index (χ1) is 15.3. The van der Waals surface area contributed by atoms with Gasteiger partial charge >= 0.3 is 0 Å². The second kappa shape index (κ2) is 8.67. The number of nitrogens with zero attached hydrogens (tertiary/aromatic N) is 2. The summed E-state index contributed by atoms with van der Waals surface area (Å²) in [5, 5.41) is 0. The Kier molecular flexibility index (Phi) is 5.93. The molecular formula is C25H26N2O4S. The van der Waals surface area contributed by atoms with Gasteiger partial charge in [0, 0.05) is 11.7 Å². The van der Waals surface area contributed by atoms with Gasteiger partial charge in [0.05, 0.1) is 17.7 Å². The summed E-state index contributed by atoms with van der Waals surface area (Å²) in [6, 6.07) is 21.1. The van der Waals surface area contributed by atoms with Crippen LogP contribution in [0.1, 0.15) is 18.1 Å². The van der Waals surface area contributed by atoms with Crippen molar-refractivity contribution in [1.29, 1.82) is 0 Å². The average Bonchev–Trinajstić information content (AvgIpc) is 3.13. The quantitative estimate of drug-likeness (QED) is 0.565. The lowest BCUT2D eigenvalue weighted by atomic mass is 10.1. The van der Waals surface area contributed by atoms with Gasteiger partial charge in [-0.25, -0.2) is 8.42 Å². The Labute approximate surface area is 189 Å². The Bertz CT molecular complexity index is 1240. The van der Waals surface area contributed by atoms with E-state index in [0.717, 1.165) is 27.5 Å². The van der Waals surface area contributed by atoms with Crippen LogP contribution < -0.4 is 13.9 Å². The van der Waals surface area contributed by atoms with Gasteiger partial charge in [-0.3, -0.25) is 9.10 Å². The number of ether oxygens (including phenoxy) is 1. The summed E-state index contributed by atoms with van der Waals surface area (Å²) in [5.41, 5.74) is 3.11. The summed E-state index contributed by atoms with van der Waals surface area (Å²) >= 11 is 0. The molecular weight excluding hydrogens is 424 g/mol. The first-order valence-corrected chi connectivity index (χ1v) is 11.9. The molecule has 3 aromatic carbocycles. The highest BCUT2D eigenvalue weighted by molar-refractivity contribution is 7.92. The highest BCUT2D eigenvalue weighted by Gasteiger charge is 2.35. The minimum atomic E-state index is -4.02. The summed E-state index contributed by atoms with van der Waals surface area (Å²) in [6.07, 6.45) is 0.737. The van der Waals surface area contributed by atoms with E-state index in [4.69, 9.17) is 4.74 Å². The van der Waals surface area contributed by atoms with Crippen molar-refractivity contribution in [3.63, 3.8) is 0 Å². The molecule has 0 radical (unpaired) electrons. The number of rotatable bonds is 6. The van der Waals surface area contributed by atoms with E-state index in [0.29, 0.717) is 11.4 Å². The maximum absolute atomic E-state index is 13.7. The van der Waals surface area contributed by atoms with Crippen LogP contribution >= 0.6 is 0 Å². The number of anilines is 2. The standard InChI is InChI=1S/C25H26N2O4S/c1-18-13-14-24(31-3)23(15-18)26(32(29,30)21-10-5-4-6-11-21)17-25(28)27-19(2)16-20-9-7-8-12-22(20)27/h4-15,19H,16-17H2,1-3H3. The monoisotopic (exact) mass is 450 g/mol. The molecule has 1 aliphatic heterocycles. The number of fused-ring (bicyclic) bond motifs is 1. The number of aryl methyl sites for hydroxylation is 1. The molecule has 1 amide bonds. The number of amides is 1. The molecule has 32 heavy (non-hydrogen) atoms. The molecule has 1 heterocycles. The van der Waals surface area contributed by atoms with Crippen molar-refractivity contribution in [3.05, 3.63) is 83.9 Å². The number of para-hydroxylation sites is 1. The minimum absolute atomic E-state index is 0.0550. The average molecular weight is 451 g/mol.